The Balaban J connectivity index is 1.33. The van der Waals surface area contributed by atoms with Gasteiger partial charge < -0.3 is 10.2 Å². The van der Waals surface area contributed by atoms with E-state index >= 15 is 0 Å². The van der Waals surface area contributed by atoms with Crippen LogP contribution in [0, 0.1) is 28.9 Å². The highest BCUT2D eigenvalue weighted by molar-refractivity contribution is 5.76. The van der Waals surface area contributed by atoms with E-state index in [2.05, 4.69) is 10.2 Å². The second-order valence-corrected chi connectivity index (χ2v) is 8.16. The van der Waals surface area contributed by atoms with Gasteiger partial charge in [-0.2, -0.15) is 5.26 Å². The molecule has 7 heteroatoms. The van der Waals surface area contributed by atoms with Crippen LogP contribution in [-0.2, 0) is 4.79 Å². The molecule has 1 aliphatic carbocycles. The summed E-state index contributed by atoms with van der Waals surface area (Å²) in [4.78, 5) is 16.2. The topological polar surface area (TPSA) is 59.4 Å². The zero-order valence-electron chi connectivity index (χ0n) is 16.9. The minimum atomic E-state index is -0.540. The molecule has 0 atom stereocenters. The van der Waals surface area contributed by atoms with E-state index in [-0.39, 0.29) is 18.4 Å². The summed E-state index contributed by atoms with van der Waals surface area (Å²) >= 11 is 0. The highest BCUT2D eigenvalue weighted by Crippen LogP contribution is 2.28. The van der Waals surface area contributed by atoms with Crippen LogP contribution in [0.1, 0.15) is 44.9 Å². The van der Waals surface area contributed by atoms with Crippen LogP contribution in [0.4, 0.5) is 14.5 Å². The van der Waals surface area contributed by atoms with E-state index in [0.29, 0.717) is 18.0 Å². The van der Waals surface area contributed by atoms with Gasteiger partial charge in [0.1, 0.15) is 11.6 Å². The second-order valence-electron chi connectivity index (χ2n) is 8.16. The first-order chi connectivity index (χ1) is 14.0. The van der Waals surface area contributed by atoms with E-state index in [9.17, 15) is 13.6 Å². The fourth-order valence-corrected chi connectivity index (χ4v) is 4.38. The van der Waals surface area contributed by atoms with Crippen molar-refractivity contribution in [3.63, 3.8) is 0 Å². The Morgan fingerprint density at radius 1 is 1.14 bits per heavy atom. The fourth-order valence-electron chi connectivity index (χ4n) is 4.38. The molecule has 1 heterocycles. The zero-order valence-corrected chi connectivity index (χ0v) is 16.9. The number of halogens is 2. The number of nitrogens with zero attached hydrogens (tertiary/aromatic N) is 3. The lowest BCUT2D eigenvalue weighted by Crippen LogP contribution is -2.47. The summed E-state index contributed by atoms with van der Waals surface area (Å²) in [5.41, 5.74) is 0.487. The maximum atomic E-state index is 14.0. The molecule has 0 aromatic heterocycles. The van der Waals surface area contributed by atoms with Crippen LogP contribution >= 0.6 is 0 Å². The monoisotopic (exact) mass is 404 g/mol. The molecule has 3 rings (SSSR count). The van der Waals surface area contributed by atoms with E-state index < -0.39 is 11.6 Å². The van der Waals surface area contributed by atoms with Gasteiger partial charge in [-0.25, -0.2) is 8.78 Å². The summed E-state index contributed by atoms with van der Waals surface area (Å²) in [6, 6.07) is 6.05. The first-order valence-electron chi connectivity index (χ1n) is 10.6. The number of rotatable bonds is 7. The molecule has 0 radical (unpaired) electrons. The predicted octanol–water partition coefficient (Wildman–Crippen LogP) is 3.46. The Morgan fingerprint density at radius 2 is 1.86 bits per heavy atom. The van der Waals surface area contributed by atoms with Gasteiger partial charge in [0.2, 0.25) is 5.91 Å². The van der Waals surface area contributed by atoms with Crippen LogP contribution in [0.15, 0.2) is 18.2 Å². The van der Waals surface area contributed by atoms with Crippen LogP contribution in [0.25, 0.3) is 0 Å². The lowest BCUT2D eigenvalue weighted by Gasteiger charge is -2.37. The molecule has 0 bridgehead atoms. The number of nitriles is 1. The van der Waals surface area contributed by atoms with E-state index in [0.717, 1.165) is 70.9 Å². The number of amides is 1. The molecule has 158 valence electrons. The average molecular weight is 405 g/mol. The number of benzene rings is 1. The standard InChI is InChI=1S/C22H30F2N4O/c23-18-5-8-21(20(24)16-18)28-14-12-27(13-15-28)11-9-17-3-6-19(7-4-17)26-22(29)2-1-10-25/h5,8,16-17,19H,1-4,6-7,9,11-15H2,(H,26,29)/t17-,19-. The summed E-state index contributed by atoms with van der Waals surface area (Å²) in [6.45, 7) is 4.33. The number of carbonyl (C=O) groups is 1. The predicted molar refractivity (Wildman–Crippen MR) is 108 cm³/mol. The van der Waals surface area contributed by atoms with Crippen molar-refractivity contribution in [2.45, 2.75) is 51.0 Å². The van der Waals surface area contributed by atoms with Crippen molar-refractivity contribution in [2.24, 2.45) is 5.92 Å². The first kappa shape index (κ1) is 21.5. The summed E-state index contributed by atoms with van der Waals surface area (Å²) in [7, 11) is 0. The molecule has 1 aliphatic heterocycles. The maximum Gasteiger partial charge on any atom is 0.221 e. The summed E-state index contributed by atoms with van der Waals surface area (Å²) in [5.74, 6) is -0.350. The highest BCUT2D eigenvalue weighted by atomic mass is 19.1. The normalized spacial score (nSPS) is 22.9. The fraction of sp³-hybridized carbons (Fsp3) is 0.636. The summed E-state index contributed by atoms with van der Waals surface area (Å²) in [5, 5.41) is 11.6. The third kappa shape index (κ3) is 6.40. The minimum Gasteiger partial charge on any atom is -0.367 e. The van der Waals surface area contributed by atoms with Gasteiger partial charge in [0.15, 0.2) is 0 Å². The average Bonchev–Trinajstić information content (AvgIpc) is 2.72. The van der Waals surface area contributed by atoms with Crippen molar-refractivity contribution in [3.05, 3.63) is 29.8 Å². The minimum absolute atomic E-state index is 0.00883. The van der Waals surface area contributed by atoms with Gasteiger partial charge in [-0.3, -0.25) is 9.69 Å². The molecule has 1 saturated carbocycles. The van der Waals surface area contributed by atoms with Crippen molar-refractivity contribution >= 4 is 11.6 Å². The molecular weight excluding hydrogens is 374 g/mol. The Kier molecular flexibility index (Phi) is 7.82. The van der Waals surface area contributed by atoms with Crippen LogP contribution in [0.5, 0.6) is 0 Å². The van der Waals surface area contributed by atoms with E-state index in [1.54, 1.807) is 0 Å². The second kappa shape index (κ2) is 10.5. The molecule has 1 aromatic rings. The van der Waals surface area contributed by atoms with Crippen LogP contribution < -0.4 is 10.2 Å². The Labute approximate surface area is 171 Å². The van der Waals surface area contributed by atoms with Crippen molar-refractivity contribution in [2.75, 3.05) is 37.6 Å². The van der Waals surface area contributed by atoms with Gasteiger partial charge >= 0.3 is 0 Å². The van der Waals surface area contributed by atoms with Gasteiger partial charge in [-0.1, -0.05) is 0 Å². The lowest BCUT2D eigenvalue weighted by molar-refractivity contribution is -0.122. The largest absolute Gasteiger partial charge is 0.367 e. The summed E-state index contributed by atoms with van der Waals surface area (Å²) in [6.07, 6.45) is 6.02. The molecule has 1 amide bonds. The highest BCUT2D eigenvalue weighted by Gasteiger charge is 2.24. The molecule has 2 aliphatic rings. The van der Waals surface area contributed by atoms with E-state index in [1.165, 1.54) is 12.1 Å². The quantitative estimate of drug-likeness (QED) is 0.756. The van der Waals surface area contributed by atoms with Crippen molar-refractivity contribution in [1.82, 2.24) is 10.2 Å². The number of hydrogen-bond donors (Lipinski definition) is 1. The number of hydrogen-bond acceptors (Lipinski definition) is 4. The van der Waals surface area contributed by atoms with Gasteiger partial charge in [0.05, 0.1) is 11.8 Å². The maximum absolute atomic E-state index is 14.0. The Hall–Kier alpha value is -2.20. The molecule has 1 N–H and O–H groups in total. The number of nitrogens with one attached hydrogen (secondary N) is 1. The number of anilines is 1. The van der Waals surface area contributed by atoms with Crippen molar-refractivity contribution in [3.8, 4) is 6.07 Å². The smallest absolute Gasteiger partial charge is 0.221 e. The molecule has 29 heavy (non-hydrogen) atoms. The first-order valence-corrected chi connectivity index (χ1v) is 10.6. The van der Waals surface area contributed by atoms with Gasteiger partial charge in [0, 0.05) is 51.1 Å². The van der Waals surface area contributed by atoms with E-state index in [1.807, 2.05) is 11.0 Å². The summed E-state index contributed by atoms with van der Waals surface area (Å²) < 4.78 is 27.0. The van der Waals surface area contributed by atoms with Gasteiger partial charge in [-0.05, 0) is 56.7 Å². The van der Waals surface area contributed by atoms with Gasteiger partial charge in [-0.15, -0.1) is 0 Å². The molecule has 2 fully saturated rings. The SMILES string of the molecule is N#CCCC(=O)N[C@H]1CC[C@H](CCN2CCN(c3ccc(F)cc3F)CC2)CC1. The molecule has 0 unspecified atom stereocenters. The van der Waals surface area contributed by atoms with Crippen molar-refractivity contribution < 1.29 is 13.6 Å². The van der Waals surface area contributed by atoms with Crippen molar-refractivity contribution in [1.29, 1.82) is 5.26 Å². The number of carbonyl (C=O) groups excluding carboxylic acids is 1. The molecule has 1 saturated heterocycles. The number of piperazine rings is 1. The zero-order chi connectivity index (χ0) is 20.6. The third-order valence-electron chi connectivity index (χ3n) is 6.15. The van der Waals surface area contributed by atoms with Crippen LogP contribution in [0.2, 0.25) is 0 Å². The molecule has 0 spiro atoms. The third-order valence-corrected chi connectivity index (χ3v) is 6.15. The molecular formula is C22H30F2N4O. The van der Waals surface area contributed by atoms with Gasteiger partial charge in [0.25, 0.3) is 0 Å². The molecule has 5 nitrogen and oxygen atoms in total. The lowest BCUT2D eigenvalue weighted by atomic mass is 9.84. The van der Waals surface area contributed by atoms with Crippen LogP contribution in [-0.4, -0.2) is 49.6 Å². The Morgan fingerprint density at radius 3 is 2.52 bits per heavy atom. The molecule has 1 aromatic carbocycles. The Bertz CT molecular complexity index is 720. The van der Waals surface area contributed by atoms with Crippen LogP contribution in [0.3, 0.4) is 0 Å². The van der Waals surface area contributed by atoms with E-state index in [4.69, 9.17) is 5.26 Å².